The summed E-state index contributed by atoms with van der Waals surface area (Å²) in [6.07, 6.45) is 0.638. The lowest BCUT2D eigenvalue weighted by Gasteiger charge is -2.03. The summed E-state index contributed by atoms with van der Waals surface area (Å²) < 4.78 is 1.67. The summed E-state index contributed by atoms with van der Waals surface area (Å²) in [4.78, 5) is 29.6. The summed E-state index contributed by atoms with van der Waals surface area (Å²) in [5.41, 5.74) is 3.44. The zero-order valence-electron chi connectivity index (χ0n) is 13.4. The van der Waals surface area contributed by atoms with E-state index in [4.69, 9.17) is 0 Å². The third kappa shape index (κ3) is 2.55. The number of aromatic amines is 1. The van der Waals surface area contributed by atoms with Crippen molar-refractivity contribution in [2.75, 3.05) is 0 Å². The molecule has 0 saturated carbocycles. The first-order valence-electron chi connectivity index (χ1n) is 7.81. The lowest BCUT2D eigenvalue weighted by atomic mass is 10.1. The molecule has 4 aromatic rings. The molecule has 0 spiro atoms. The molecule has 0 radical (unpaired) electrons. The third-order valence-corrected chi connectivity index (χ3v) is 4.10. The fourth-order valence-electron chi connectivity index (χ4n) is 2.85. The lowest BCUT2D eigenvalue weighted by molar-refractivity contribution is 0.0690. The molecule has 0 aliphatic heterocycles. The van der Waals surface area contributed by atoms with Crippen LogP contribution in [0.1, 0.15) is 23.1 Å². The van der Waals surface area contributed by atoms with E-state index < -0.39 is 5.97 Å². The minimum absolute atomic E-state index is 0.00638. The molecule has 124 valence electrons. The third-order valence-electron chi connectivity index (χ3n) is 4.10. The topological polar surface area (TPSA) is 100 Å². The van der Waals surface area contributed by atoms with Gasteiger partial charge in [0.05, 0.1) is 5.69 Å². The Hall–Kier alpha value is -3.48. The number of H-pyrrole nitrogens is 1. The minimum Gasteiger partial charge on any atom is -0.477 e. The van der Waals surface area contributed by atoms with Gasteiger partial charge < -0.3 is 10.1 Å². The van der Waals surface area contributed by atoms with Gasteiger partial charge in [0.25, 0.3) is 0 Å². The van der Waals surface area contributed by atoms with E-state index in [0.717, 1.165) is 22.2 Å². The number of nitrogens with zero attached hydrogens (tertiary/aromatic N) is 3. The van der Waals surface area contributed by atoms with E-state index in [1.807, 2.05) is 25.1 Å². The van der Waals surface area contributed by atoms with Crippen molar-refractivity contribution in [3.05, 3.63) is 64.2 Å². The number of carboxylic acid groups (broad SMARTS) is 1. The largest absolute Gasteiger partial charge is 0.477 e. The van der Waals surface area contributed by atoms with Crippen LogP contribution in [0.5, 0.6) is 0 Å². The van der Waals surface area contributed by atoms with Crippen molar-refractivity contribution in [2.24, 2.45) is 0 Å². The number of aromatic nitrogens is 4. The Kier molecular flexibility index (Phi) is 3.35. The number of rotatable bonds is 3. The molecule has 2 N–H and O–H groups in total. The van der Waals surface area contributed by atoms with E-state index in [2.05, 4.69) is 15.1 Å². The first-order valence-corrected chi connectivity index (χ1v) is 7.81. The number of aromatic carboxylic acids is 1. The Labute approximate surface area is 141 Å². The fourth-order valence-corrected chi connectivity index (χ4v) is 2.85. The van der Waals surface area contributed by atoms with Crippen LogP contribution in [0, 0.1) is 0 Å². The smallest absolute Gasteiger partial charge is 0.354 e. The monoisotopic (exact) mass is 334 g/mol. The van der Waals surface area contributed by atoms with Gasteiger partial charge >= 0.3 is 5.97 Å². The van der Waals surface area contributed by atoms with Gasteiger partial charge in [-0.2, -0.15) is 5.10 Å². The van der Waals surface area contributed by atoms with Crippen LogP contribution in [0.3, 0.4) is 0 Å². The quantitative estimate of drug-likeness (QED) is 0.599. The molecule has 0 amide bonds. The summed E-state index contributed by atoms with van der Waals surface area (Å²) >= 11 is 0. The van der Waals surface area contributed by atoms with Crippen molar-refractivity contribution in [1.82, 2.24) is 19.6 Å². The van der Waals surface area contributed by atoms with E-state index in [0.29, 0.717) is 17.8 Å². The number of hydrogen-bond acceptors (Lipinski definition) is 4. The van der Waals surface area contributed by atoms with Crippen LogP contribution in [0.25, 0.3) is 27.8 Å². The average Bonchev–Trinajstić information content (AvgIpc) is 3.04. The molecule has 1 aromatic carbocycles. The van der Waals surface area contributed by atoms with Gasteiger partial charge in [0.1, 0.15) is 0 Å². The maximum absolute atomic E-state index is 11.4. The fraction of sp³-hybridized carbons (Fsp3) is 0.111. The highest BCUT2D eigenvalue weighted by molar-refractivity contribution is 5.87. The van der Waals surface area contributed by atoms with Gasteiger partial charge in [0.15, 0.2) is 11.3 Å². The second kappa shape index (κ2) is 5.55. The van der Waals surface area contributed by atoms with Crippen LogP contribution in [-0.4, -0.2) is 30.7 Å². The van der Waals surface area contributed by atoms with Gasteiger partial charge in [-0.1, -0.05) is 13.0 Å². The van der Waals surface area contributed by atoms with E-state index >= 15 is 0 Å². The Morgan fingerprint density at radius 3 is 2.80 bits per heavy atom. The second-order valence-electron chi connectivity index (χ2n) is 5.72. The molecule has 7 nitrogen and oxygen atoms in total. The Balaban J connectivity index is 1.90. The molecule has 3 aromatic heterocycles. The van der Waals surface area contributed by atoms with Gasteiger partial charge in [-0.05, 0) is 36.1 Å². The number of carbonyl (C=O) groups is 1. The number of fused-ring (bicyclic) bond motifs is 2. The van der Waals surface area contributed by atoms with Gasteiger partial charge in [-0.15, -0.1) is 0 Å². The van der Waals surface area contributed by atoms with Crippen molar-refractivity contribution in [2.45, 2.75) is 13.3 Å². The van der Waals surface area contributed by atoms with Crippen molar-refractivity contribution >= 4 is 22.5 Å². The predicted molar refractivity (Wildman–Crippen MR) is 92.9 cm³/mol. The standard InChI is InChI=1S/C18H14N4O3/c1-2-12-8-15(18(24)25)19-16-9-14(21-22(12)16)11-3-5-13-10(7-11)4-6-17(23)20-13/h3-9H,2H2,1H3,(H,20,23)(H,24,25). The molecular weight excluding hydrogens is 320 g/mol. The Morgan fingerprint density at radius 1 is 1.20 bits per heavy atom. The molecule has 25 heavy (non-hydrogen) atoms. The van der Waals surface area contributed by atoms with Crippen molar-refractivity contribution < 1.29 is 9.90 Å². The number of benzene rings is 1. The second-order valence-corrected chi connectivity index (χ2v) is 5.72. The molecule has 0 bridgehead atoms. The Bertz CT molecular complexity index is 1190. The molecule has 3 heterocycles. The first-order chi connectivity index (χ1) is 12.0. The summed E-state index contributed by atoms with van der Waals surface area (Å²) in [7, 11) is 0. The van der Waals surface area contributed by atoms with Crippen LogP contribution in [0.15, 0.2) is 47.3 Å². The maximum Gasteiger partial charge on any atom is 0.354 e. The van der Waals surface area contributed by atoms with E-state index in [-0.39, 0.29) is 11.3 Å². The molecule has 7 heteroatoms. The van der Waals surface area contributed by atoms with Crippen LogP contribution in [0.4, 0.5) is 0 Å². The van der Waals surface area contributed by atoms with E-state index in [1.54, 1.807) is 16.6 Å². The highest BCUT2D eigenvalue weighted by Gasteiger charge is 2.13. The number of aryl methyl sites for hydroxylation is 1. The summed E-state index contributed by atoms with van der Waals surface area (Å²) in [5, 5.41) is 14.7. The molecule has 4 rings (SSSR count). The summed E-state index contributed by atoms with van der Waals surface area (Å²) in [6, 6.07) is 12.2. The maximum atomic E-state index is 11.4. The van der Waals surface area contributed by atoms with Gasteiger partial charge in [-0.3, -0.25) is 4.79 Å². The molecule has 0 fully saturated rings. The number of hydrogen-bond donors (Lipinski definition) is 2. The Morgan fingerprint density at radius 2 is 2.04 bits per heavy atom. The van der Waals surface area contributed by atoms with Gasteiger partial charge in [0.2, 0.25) is 5.56 Å². The molecule has 0 unspecified atom stereocenters. The van der Waals surface area contributed by atoms with Gasteiger partial charge in [0, 0.05) is 28.9 Å². The summed E-state index contributed by atoms with van der Waals surface area (Å²) in [5.74, 6) is -1.06. The lowest BCUT2D eigenvalue weighted by Crippen LogP contribution is -2.06. The highest BCUT2D eigenvalue weighted by atomic mass is 16.4. The number of pyridine rings is 1. The van der Waals surface area contributed by atoms with Crippen LogP contribution < -0.4 is 5.56 Å². The molecule has 0 aliphatic rings. The summed E-state index contributed by atoms with van der Waals surface area (Å²) in [6.45, 7) is 1.94. The molecule has 0 aliphatic carbocycles. The average molecular weight is 334 g/mol. The van der Waals surface area contributed by atoms with Gasteiger partial charge in [-0.25, -0.2) is 14.3 Å². The molecule has 0 atom stereocenters. The number of nitrogens with one attached hydrogen (secondary N) is 1. The zero-order chi connectivity index (χ0) is 17.6. The van der Waals surface area contributed by atoms with Crippen LogP contribution in [-0.2, 0) is 6.42 Å². The highest BCUT2D eigenvalue weighted by Crippen LogP contribution is 2.23. The van der Waals surface area contributed by atoms with Crippen molar-refractivity contribution in [3.8, 4) is 11.3 Å². The minimum atomic E-state index is -1.06. The van der Waals surface area contributed by atoms with Crippen LogP contribution in [0.2, 0.25) is 0 Å². The van der Waals surface area contributed by atoms with E-state index in [9.17, 15) is 14.7 Å². The van der Waals surface area contributed by atoms with Crippen LogP contribution >= 0.6 is 0 Å². The number of carboxylic acids is 1. The SMILES string of the molecule is CCc1cc(C(=O)O)nc2cc(-c3ccc4[nH]c(=O)ccc4c3)nn12. The van der Waals surface area contributed by atoms with Crippen molar-refractivity contribution in [3.63, 3.8) is 0 Å². The normalized spacial score (nSPS) is 11.2. The molecule has 0 saturated heterocycles. The predicted octanol–water partition coefficient (Wildman–Crippen LogP) is 2.50. The first kappa shape index (κ1) is 15.1. The van der Waals surface area contributed by atoms with E-state index in [1.165, 1.54) is 12.1 Å². The van der Waals surface area contributed by atoms with Crippen molar-refractivity contribution in [1.29, 1.82) is 0 Å². The zero-order valence-corrected chi connectivity index (χ0v) is 13.4. The molecular formula is C18H14N4O3.